The fraction of sp³-hybridized carbons (Fsp3) is 0.0833. The van der Waals surface area contributed by atoms with Gasteiger partial charge in [-0.15, -0.1) is 0 Å². The van der Waals surface area contributed by atoms with Crippen LogP contribution in [0, 0.1) is 6.92 Å². The summed E-state index contributed by atoms with van der Waals surface area (Å²) >= 11 is 5.66. The summed E-state index contributed by atoms with van der Waals surface area (Å²) in [4.78, 5) is 19.5. The highest BCUT2D eigenvalue weighted by atomic mass is 35.5. The molecule has 0 atom stereocenters. The van der Waals surface area contributed by atoms with E-state index in [-0.39, 0.29) is 16.8 Å². The first-order valence-corrected chi connectivity index (χ1v) is 5.38. The summed E-state index contributed by atoms with van der Waals surface area (Å²) in [6.45, 7) is 1.98. The molecule has 0 unspecified atom stereocenters. The zero-order valence-corrected chi connectivity index (χ0v) is 9.90. The topological polar surface area (TPSA) is 54.9 Å². The molecule has 1 amide bonds. The van der Waals surface area contributed by atoms with E-state index in [0.29, 0.717) is 5.69 Å². The molecule has 0 fully saturated rings. The molecule has 1 aromatic heterocycles. The number of anilines is 1. The zero-order chi connectivity index (χ0) is 12.3. The predicted octanol–water partition coefficient (Wildman–Crippen LogP) is 2.69. The fourth-order valence-electron chi connectivity index (χ4n) is 1.28. The van der Waals surface area contributed by atoms with Crippen molar-refractivity contribution in [2.24, 2.45) is 0 Å². The number of carbonyl (C=O) groups excluding carboxylic acids is 1. The number of aryl methyl sites for hydroxylation is 1. The minimum absolute atomic E-state index is 0.193. The molecule has 1 heterocycles. The Labute approximate surface area is 104 Å². The number of rotatable bonds is 2. The van der Waals surface area contributed by atoms with Crippen molar-refractivity contribution in [1.29, 1.82) is 0 Å². The Balaban J connectivity index is 2.14. The maximum absolute atomic E-state index is 11.8. The Kier molecular flexibility index (Phi) is 3.35. The van der Waals surface area contributed by atoms with Crippen molar-refractivity contribution < 1.29 is 4.79 Å². The van der Waals surface area contributed by atoms with Crippen LogP contribution in [0.25, 0.3) is 0 Å². The van der Waals surface area contributed by atoms with Crippen LogP contribution in [0.5, 0.6) is 0 Å². The summed E-state index contributed by atoms with van der Waals surface area (Å²) in [7, 11) is 0. The predicted molar refractivity (Wildman–Crippen MR) is 66.2 cm³/mol. The maximum atomic E-state index is 11.8. The van der Waals surface area contributed by atoms with Gasteiger partial charge in [-0.25, -0.2) is 4.98 Å². The van der Waals surface area contributed by atoms with Crippen molar-refractivity contribution in [3.05, 3.63) is 53.1 Å². The lowest BCUT2D eigenvalue weighted by molar-refractivity contribution is 0.102. The smallest absolute Gasteiger partial charge is 0.275 e. The van der Waals surface area contributed by atoms with Gasteiger partial charge >= 0.3 is 0 Å². The summed E-state index contributed by atoms with van der Waals surface area (Å²) < 4.78 is 0. The quantitative estimate of drug-likeness (QED) is 0.888. The first kappa shape index (κ1) is 11.5. The molecule has 2 rings (SSSR count). The van der Waals surface area contributed by atoms with Gasteiger partial charge in [0.25, 0.3) is 5.91 Å². The summed E-state index contributed by atoms with van der Waals surface area (Å²) in [6.07, 6.45) is 2.75. The molecule has 0 bridgehead atoms. The molecule has 0 aliphatic rings. The number of halogens is 1. The van der Waals surface area contributed by atoms with Crippen LogP contribution in [0.15, 0.2) is 36.7 Å². The molecule has 0 spiro atoms. The van der Waals surface area contributed by atoms with E-state index in [1.807, 2.05) is 31.2 Å². The number of aromatic nitrogens is 2. The van der Waals surface area contributed by atoms with Crippen LogP contribution >= 0.6 is 11.6 Å². The van der Waals surface area contributed by atoms with E-state index in [1.54, 1.807) is 0 Å². The van der Waals surface area contributed by atoms with Gasteiger partial charge in [-0.05, 0) is 19.1 Å². The van der Waals surface area contributed by atoms with Crippen LogP contribution in [0.2, 0.25) is 5.15 Å². The Morgan fingerprint density at radius 3 is 2.59 bits per heavy atom. The molecule has 0 saturated carbocycles. The highest BCUT2D eigenvalue weighted by molar-refractivity contribution is 6.29. The molecule has 86 valence electrons. The standard InChI is InChI=1S/C12H10ClN3O/c1-8-2-4-9(5-3-8)15-12(17)10-6-14-7-11(13)16-10/h2-7H,1H3,(H,15,17). The molecule has 1 N–H and O–H groups in total. The Morgan fingerprint density at radius 1 is 1.24 bits per heavy atom. The molecule has 0 aliphatic carbocycles. The largest absolute Gasteiger partial charge is 0.321 e. The monoisotopic (exact) mass is 247 g/mol. The second-order valence-electron chi connectivity index (χ2n) is 3.55. The normalized spacial score (nSPS) is 10.0. The zero-order valence-electron chi connectivity index (χ0n) is 9.14. The van der Waals surface area contributed by atoms with Gasteiger partial charge in [0.05, 0.1) is 12.4 Å². The number of benzene rings is 1. The SMILES string of the molecule is Cc1ccc(NC(=O)c2cncc(Cl)n2)cc1. The minimum Gasteiger partial charge on any atom is -0.321 e. The second kappa shape index (κ2) is 4.93. The number of nitrogens with one attached hydrogen (secondary N) is 1. The van der Waals surface area contributed by atoms with Gasteiger partial charge in [0.15, 0.2) is 0 Å². The third-order valence-corrected chi connectivity index (χ3v) is 2.33. The lowest BCUT2D eigenvalue weighted by Gasteiger charge is -2.04. The van der Waals surface area contributed by atoms with Gasteiger partial charge in [0.1, 0.15) is 10.8 Å². The molecule has 17 heavy (non-hydrogen) atoms. The molecule has 0 saturated heterocycles. The molecule has 0 aliphatic heterocycles. The third kappa shape index (κ3) is 3.01. The summed E-state index contributed by atoms with van der Waals surface area (Å²) in [5.41, 5.74) is 2.03. The van der Waals surface area contributed by atoms with E-state index in [1.165, 1.54) is 12.4 Å². The molecule has 2 aromatic rings. The molecule has 4 nitrogen and oxygen atoms in total. The molecule has 5 heteroatoms. The molecule has 1 aromatic carbocycles. The van der Waals surface area contributed by atoms with Gasteiger partial charge in [0.2, 0.25) is 0 Å². The van der Waals surface area contributed by atoms with Crippen molar-refractivity contribution in [3.63, 3.8) is 0 Å². The summed E-state index contributed by atoms with van der Waals surface area (Å²) in [5.74, 6) is -0.330. The second-order valence-corrected chi connectivity index (χ2v) is 3.93. The van der Waals surface area contributed by atoms with Crippen molar-refractivity contribution in [2.75, 3.05) is 5.32 Å². The Hall–Kier alpha value is -1.94. The van der Waals surface area contributed by atoms with Gasteiger partial charge in [-0.3, -0.25) is 9.78 Å². The molecule has 0 radical (unpaired) electrons. The van der Waals surface area contributed by atoms with Gasteiger partial charge in [-0.2, -0.15) is 0 Å². The Bertz CT molecular complexity index is 540. The van der Waals surface area contributed by atoms with Crippen LogP contribution in [0.1, 0.15) is 16.1 Å². The average molecular weight is 248 g/mol. The third-order valence-electron chi connectivity index (χ3n) is 2.15. The van der Waals surface area contributed by atoms with E-state index in [2.05, 4.69) is 15.3 Å². The molecular weight excluding hydrogens is 238 g/mol. The van der Waals surface area contributed by atoms with Crippen LogP contribution in [0.4, 0.5) is 5.69 Å². The van der Waals surface area contributed by atoms with E-state index >= 15 is 0 Å². The van der Waals surface area contributed by atoms with E-state index in [4.69, 9.17) is 11.6 Å². The number of carbonyl (C=O) groups is 1. The van der Waals surface area contributed by atoms with E-state index < -0.39 is 0 Å². The molecular formula is C12H10ClN3O. The van der Waals surface area contributed by atoms with Crippen LogP contribution in [-0.2, 0) is 0 Å². The lowest BCUT2D eigenvalue weighted by Crippen LogP contribution is -2.13. The van der Waals surface area contributed by atoms with Crippen molar-refractivity contribution >= 4 is 23.2 Å². The summed E-state index contributed by atoms with van der Waals surface area (Å²) in [5, 5.41) is 2.91. The van der Waals surface area contributed by atoms with Gasteiger partial charge in [-0.1, -0.05) is 29.3 Å². The van der Waals surface area contributed by atoms with Crippen molar-refractivity contribution in [1.82, 2.24) is 9.97 Å². The van der Waals surface area contributed by atoms with Gasteiger partial charge in [0, 0.05) is 5.69 Å². The first-order valence-electron chi connectivity index (χ1n) is 5.01. The summed E-state index contributed by atoms with van der Waals surface area (Å²) in [6, 6.07) is 7.48. The van der Waals surface area contributed by atoms with Crippen LogP contribution in [-0.4, -0.2) is 15.9 Å². The Morgan fingerprint density at radius 2 is 1.94 bits per heavy atom. The highest BCUT2D eigenvalue weighted by Gasteiger charge is 2.08. The number of amides is 1. The number of hydrogen-bond donors (Lipinski definition) is 1. The van der Waals surface area contributed by atoms with Gasteiger partial charge < -0.3 is 5.32 Å². The fourth-order valence-corrected chi connectivity index (χ4v) is 1.43. The first-order chi connectivity index (χ1) is 8.15. The van der Waals surface area contributed by atoms with Crippen LogP contribution < -0.4 is 5.32 Å². The van der Waals surface area contributed by atoms with Crippen molar-refractivity contribution in [3.8, 4) is 0 Å². The minimum atomic E-state index is -0.330. The van der Waals surface area contributed by atoms with E-state index in [0.717, 1.165) is 5.56 Å². The highest BCUT2D eigenvalue weighted by Crippen LogP contribution is 2.10. The average Bonchev–Trinajstić information content (AvgIpc) is 2.32. The number of hydrogen-bond acceptors (Lipinski definition) is 3. The maximum Gasteiger partial charge on any atom is 0.275 e. The lowest BCUT2D eigenvalue weighted by atomic mass is 10.2. The van der Waals surface area contributed by atoms with E-state index in [9.17, 15) is 4.79 Å². The van der Waals surface area contributed by atoms with Crippen LogP contribution in [0.3, 0.4) is 0 Å². The number of nitrogens with zero attached hydrogens (tertiary/aromatic N) is 2. The van der Waals surface area contributed by atoms with Crippen molar-refractivity contribution in [2.45, 2.75) is 6.92 Å².